The van der Waals surface area contributed by atoms with E-state index in [0.29, 0.717) is 0 Å². The highest BCUT2D eigenvalue weighted by Gasteiger charge is 2.16. The van der Waals surface area contributed by atoms with Crippen LogP contribution in [0.5, 0.6) is 5.75 Å². The zero-order chi connectivity index (χ0) is 6.97. The number of hydrogen-bond donors (Lipinski definition) is 0. The Bertz CT molecular complexity index is 217. The molecule has 1 unspecified atom stereocenters. The topological polar surface area (TPSA) is 9.23 Å². The number of hydrogen-bond acceptors (Lipinski definition) is 1. The Morgan fingerprint density at radius 3 is 3.00 bits per heavy atom. The first-order valence-electron chi connectivity index (χ1n) is 3.44. The van der Waals surface area contributed by atoms with E-state index < -0.39 is 0 Å². The van der Waals surface area contributed by atoms with Crippen molar-refractivity contribution in [2.45, 2.75) is 12.5 Å². The molecule has 0 N–H and O–H groups in total. The molecule has 1 heterocycles. The van der Waals surface area contributed by atoms with Gasteiger partial charge in [-0.3, -0.25) is 0 Å². The molecule has 0 spiro atoms. The molecule has 1 aliphatic heterocycles. The maximum atomic E-state index is 5.40. The lowest BCUT2D eigenvalue weighted by Gasteiger charge is -2.00. The van der Waals surface area contributed by atoms with Crippen molar-refractivity contribution in [1.29, 1.82) is 0 Å². The molecule has 0 aliphatic carbocycles. The van der Waals surface area contributed by atoms with Crippen LogP contribution in [0.4, 0.5) is 0 Å². The van der Waals surface area contributed by atoms with Crippen LogP contribution < -0.4 is 4.74 Å². The second-order valence-electron chi connectivity index (χ2n) is 2.55. The lowest BCUT2D eigenvalue weighted by Crippen LogP contribution is -2.05. The summed E-state index contributed by atoms with van der Waals surface area (Å²) >= 11 is 0. The molecule has 1 aromatic carbocycles. The lowest BCUT2D eigenvalue weighted by molar-refractivity contribution is 0.281. The van der Waals surface area contributed by atoms with Gasteiger partial charge >= 0.3 is 0 Å². The lowest BCUT2D eigenvalue weighted by atomic mass is 10.1. The van der Waals surface area contributed by atoms with Gasteiger partial charge in [-0.05, 0) is 18.6 Å². The van der Waals surface area contributed by atoms with Gasteiger partial charge in [0.05, 0.1) is 0 Å². The summed E-state index contributed by atoms with van der Waals surface area (Å²) in [5, 5.41) is 0. The van der Waals surface area contributed by atoms with E-state index in [1.807, 2.05) is 18.2 Å². The largest absolute Gasteiger partial charge is 0.490 e. The van der Waals surface area contributed by atoms with E-state index in [9.17, 15) is 0 Å². The summed E-state index contributed by atoms with van der Waals surface area (Å²) in [6.07, 6.45) is 1.08. The molecular weight excluding hydrogens is 124 g/mol. The van der Waals surface area contributed by atoms with Gasteiger partial charge in [-0.2, -0.15) is 0 Å². The molecule has 1 aromatic rings. The fourth-order valence-corrected chi connectivity index (χ4v) is 1.25. The molecule has 1 radical (unpaired) electrons. The number of benzene rings is 1. The average Bonchev–Trinajstić information content (AvgIpc) is 2.27. The Hall–Kier alpha value is -0.980. The van der Waals surface area contributed by atoms with Gasteiger partial charge in [0.25, 0.3) is 0 Å². The first kappa shape index (κ1) is 5.78. The summed E-state index contributed by atoms with van der Waals surface area (Å²) in [5.41, 5.74) is 1.28. The van der Waals surface area contributed by atoms with Gasteiger partial charge in [0.1, 0.15) is 11.9 Å². The van der Waals surface area contributed by atoms with Crippen LogP contribution in [-0.2, 0) is 6.42 Å². The van der Waals surface area contributed by atoms with Crippen molar-refractivity contribution in [3.63, 3.8) is 0 Å². The standard InChI is InChI=1S/C9H9O/c1-7-6-8-4-2-3-5-9(8)10-7/h2-5,7H,1,6H2. The molecule has 0 aromatic heterocycles. The fraction of sp³-hybridized carbons (Fsp3) is 0.222. The molecular formula is C9H9O. The molecule has 0 amide bonds. The van der Waals surface area contributed by atoms with Gasteiger partial charge in [-0.15, -0.1) is 0 Å². The van der Waals surface area contributed by atoms with E-state index in [4.69, 9.17) is 4.74 Å². The van der Waals surface area contributed by atoms with Gasteiger partial charge in [0, 0.05) is 6.42 Å². The van der Waals surface area contributed by atoms with E-state index in [1.54, 1.807) is 0 Å². The van der Waals surface area contributed by atoms with E-state index in [-0.39, 0.29) is 6.10 Å². The van der Waals surface area contributed by atoms with Crippen molar-refractivity contribution < 1.29 is 4.74 Å². The van der Waals surface area contributed by atoms with Crippen molar-refractivity contribution in [3.05, 3.63) is 36.8 Å². The van der Waals surface area contributed by atoms with Crippen LogP contribution in [0.15, 0.2) is 24.3 Å². The van der Waals surface area contributed by atoms with Gasteiger partial charge in [0.15, 0.2) is 0 Å². The minimum absolute atomic E-state index is 0.123. The maximum Gasteiger partial charge on any atom is 0.123 e. The Labute approximate surface area is 60.6 Å². The van der Waals surface area contributed by atoms with Crippen molar-refractivity contribution in [1.82, 2.24) is 0 Å². The molecule has 1 nitrogen and oxygen atoms in total. The minimum Gasteiger partial charge on any atom is -0.490 e. The molecule has 0 saturated heterocycles. The highest BCUT2D eigenvalue weighted by atomic mass is 16.5. The highest BCUT2D eigenvalue weighted by Crippen LogP contribution is 2.27. The van der Waals surface area contributed by atoms with Gasteiger partial charge in [-0.25, -0.2) is 0 Å². The number of rotatable bonds is 0. The molecule has 0 fully saturated rings. The quantitative estimate of drug-likeness (QED) is 0.524. The molecule has 51 valence electrons. The van der Waals surface area contributed by atoms with Crippen LogP contribution >= 0.6 is 0 Å². The molecule has 1 aliphatic rings. The number of para-hydroxylation sites is 1. The number of ether oxygens (including phenoxy) is 1. The summed E-state index contributed by atoms with van der Waals surface area (Å²) < 4.78 is 5.40. The van der Waals surface area contributed by atoms with Crippen LogP contribution in [0.25, 0.3) is 0 Å². The summed E-state index contributed by atoms with van der Waals surface area (Å²) in [4.78, 5) is 0. The second-order valence-corrected chi connectivity index (χ2v) is 2.55. The van der Waals surface area contributed by atoms with E-state index in [2.05, 4.69) is 13.0 Å². The van der Waals surface area contributed by atoms with Crippen molar-refractivity contribution in [3.8, 4) is 5.75 Å². The molecule has 1 atom stereocenters. The summed E-state index contributed by atoms with van der Waals surface area (Å²) in [6.45, 7) is 3.83. The third kappa shape index (κ3) is 0.783. The van der Waals surface area contributed by atoms with Crippen LogP contribution in [-0.4, -0.2) is 6.10 Å². The Kier molecular flexibility index (Phi) is 1.16. The average molecular weight is 133 g/mol. The third-order valence-corrected chi connectivity index (χ3v) is 1.71. The first-order chi connectivity index (χ1) is 4.86. The highest BCUT2D eigenvalue weighted by molar-refractivity contribution is 5.37. The smallest absolute Gasteiger partial charge is 0.123 e. The van der Waals surface area contributed by atoms with Gasteiger partial charge in [0.2, 0.25) is 0 Å². The minimum atomic E-state index is 0.123. The Balaban J connectivity index is 2.42. The summed E-state index contributed by atoms with van der Waals surface area (Å²) in [6, 6.07) is 8.08. The SMILES string of the molecule is [CH2]C1Cc2ccccc2O1. The van der Waals surface area contributed by atoms with Crippen LogP contribution in [0, 0.1) is 6.92 Å². The number of fused-ring (bicyclic) bond motifs is 1. The molecule has 2 rings (SSSR count). The molecule has 0 bridgehead atoms. The summed E-state index contributed by atoms with van der Waals surface area (Å²) in [7, 11) is 0. The molecule has 1 heteroatoms. The van der Waals surface area contributed by atoms with E-state index >= 15 is 0 Å². The van der Waals surface area contributed by atoms with Gasteiger partial charge in [-0.1, -0.05) is 18.2 Å². The monoisotopic (exact) mass is 133 g/mol. The zero-order valence-corrected chi connectivity index (χ0v) is 5.71. The van der Waals surface area contributed by atoms with Crippen molar-refractivity contribution >= 4 is 0 Å². The maximum absolute atomic E-state index is 5.40. The predicted molar refractivity (Wildman–Crippen MR) is 39.9 cm³/mol. The Morgan fingerprint density at radius 1 is 1.40 bits per heavy atom. The molecule has 0 saturated carbocycles. The van der Waals surface area contributed by atoms with Crippen LogP contribution in [0.3, 0.4) is 0 Å². The Morgan fingerprint density at radius 2 is 2.20 bits per heavy atom. The van der Waals surface area contributed by atoms with Crippen molar-refractivity contribution in [2.24, 2.45) is 0 Å². The van der Waals surface area contributed by atoms with Gasteiger partial charge < -0.3 is 4.74 Å². The van der Waals surface area contributed by atoms with Crippen LogP contribution in [0.2, 0.25) is 0 Å². The van der Waals surface area contributed by atoms with Crippen LogP contribution in [0.1, 0.15) is 5.56 Å². The third-order valence-electron chi connectivity index (χ3n) is 1.71. The molecule has 10 heavy (non-hydrogen) atoms. The predicted octanol–water partition coefficient (Wildman–Crippen LogP) is 1.82. The normalized spacial score (nSPS) is 21.9. The fourth-order valence-electron chi connectivity index (χ4n) is 1.25. The van der Waals surface area contributed by atoms with Crippen molar-refractivity contribution in [2.75, 3.05) is 0 Å². The van der Waals surface area contributed by atoms with E-state index in [0.717, 1.165) is 12.2 Å². The second kappa shape index (κ2) is 2.01. The summed E-state index contributed by atoms with van der Waals surface area (Å²) in [5.74, 6) is 1.00. The van der Waals surface area contributed by atoms with E-state index in [1.165, 1.54) is 5.56 Å². The zero-order valence-electron chi connectivity index (χ0n) is 5.71. The first-order valence-corrected chi connectivity index (χ1v) is 3.44.